The van der Waals surface area contributed by atoms with Crippen LogP contribution in [0, 0.1) is 0 Å². The molecule has 1 aromatic rings. The van der Waals surface area contributed by atoms with Gasteiger partial charge in [-0.15, -0.1) is 0 Å². The summed E-state index contributed by atoms with van der Waals surface area (Å²) >= 11 is 0. The first kappa shape index (κ1) is 42.1. The summed E-state index contributed by atoms with van der Waals surface area (Å²) in [4.78, 5) is 13.5. The molecule has 47 heavy (non-hydrogen) atoms. The lowest BCUT2D eigenvalue weighted by molar-refractivity contribution is -0.281. The Balaban J connectivity index is 2.99. The van der Waals surface area contributed by atoms with Gasteiger partial charge in [-0.2, -0.15) is 13.2 Å². The Bertz CT molecular complexity index is 1240. The predicted molar refractivity (Wildman–Crippen MR) is 188 cm³/mol. The minimum atomic E-state index is -5.10. The smallest absolute Gasteiger partial charge is 0.432 e. The van der Waals surface area contributed by atoms with Gasteiger partial charge in [-0.3, -0.25) is 0 Å². The van der Waals surface area contributed by atoms with Gasteiger partial charge in [-0.1, -0.05) is 88.6 Å². The number of rotatable bonds is 20. The molecule has 3 atom stereocenters. The van der Waals surface area contributed by atoms with E-state index in [1.165, 1.54) is 47.9 Å². The second kappa shape index (κ2) is 20.5. The molecule has 1 N–H and O–H groups in total. The van der Waals surface area contributed by atoms with Crippen LogP contribution in [0.3, 0.4) is 0 Å². The fourth-order valence-electron chi connectivity index (χ4n) is 5.37. The molecular weight excluding hydrogens is 601 g/mol. The quantitative estimate of drug-likeness (QED) is 0.0859. The van der Waals surface area contributed by atoms with Crippen LogP contribution in [0.2, 0.25) is 0 Å². The minimum absolute atomic E-state index is 0.163. The highest BCUT2D eigenvalue weighted by atomic mass is 19.4. The fourth-order valence-corrected chi connectivity index (χ4v) is 5.37. The van der Waals surface area contributed by atoms with E-state index in [1.54, 1.807) is 6.07 Å². The average molecular weight is 661 g/mol. The van der Waals surface area contributed by atoms with Crippen molar-refractivity contribution in [3.63, 3.8) is 0 Å². The molecule has 0 aliphatic heterocycles. The summed E-state index contributed by atoms with van der Waals surface area (Å²) in [5.41, 5.74) is 0.910. The van der Waals surface area contributed by atoms with Gasteiger partial charge in [0.05, 0.1) is 5.60 Å². The van der Waals surface area contributed by atoms with E-state index in [4.69, 9.17) is 9.47 Å². The van der Waals surface area contributed by atoms with Crippen LogP contribution in [0.1, 0.15) is 125 Å². The zero-order valence-corrected chi connectivity index (χ0v) is 30.2. The van der Waals surface area contributed by atoms with Crippen molar-refractivity contribution in [3.05, 3.63) is 94.1 Å². The molecule has 264 valence electrons. The van der Waals surface area contributed by atoms with Crippen LogP contribution in [0.15, 0.2) is 88.6 Å². The van der Waals surface area contributed by atoms with Crippen molar-refractivity contribution < 1.29 is 32.5 Å². The first-order valence-electron chi connectivity index (χ1n) is 16.8. The van der Waals surface area contributed by atoms with E-state index in [-0.39, 0.29) is 18.4 Å². The molecule has 7 heteroatoms. The maximum Gasteiger partial charge on any atom is 0.432 e. The number of alkyl halides is 3. The Morgan fingerprint density at radius 3 is 1.70 bits per heavy atom. The highest BCUT2D eigenvalue weighted by molar-refractivity contribution is 5.83. The first-order valence-corrected chi connectivity index (χ1v) is 16.8. The Kier molecular flexibility index (Phi) is 18.3. The normalized spacial score (nSPS) is 16.1. The molecule has 0 aliphatic carbocycles. The summed E-state index contributed by atoms with van der Waals surface area (Å²) in [6.07, 6.45) is 11.8. The van der Waals surface area contributed by atoms with Gasteiger partial charge in [0.15, 0.2) is 0 Å². The van der Waals surface area contributed by atoms with Gasteiger partial charge in [0, 0.05) is 12.7 Å². The number of esters is 1. The molecule has 4 nitrogen and oxygen atoms in total. The summed E-state index contributed by atoms with van der Waals surface area (Å²) in [6.45, 7) is 15.9. The SMILES string of the molecule is CO[C@@](C(=O)O[C@H](CC/C(C)=C/CC/C=C(\C)CC/C=C(\C)CCC=C(C)C)[C@@](C)(O)CCC=C(C)C)(c1ccccc1)C(F)(F)F. The molecule has 0 spiro atoms. The summed E-state index contributed by atoms with van der Waals surface area (Å²) in [5.74, 6) is -1.59. The molecule has 1 rings (SSSR count). The van der Waals surface area contributed by atoms with Gasteiger partial charge in [0.2, 0.25) is 0 Å². The molecule has 0 saturated heterocycles. The number of benzene rings is 1. The number of ether oxygens (including phenoxy) is 2. The number of aliphatic hydroxyl groups is 1. The molecule has 0 heterocycles. The highest BCUT2D eigenvalue weighted by Crippen LogP contribution is 2.44. The summed E-state index contributed by atoms with van der Waals surface area (Å²) in [7, 11) is 0.845. The van der Waals surface area contributed by atoms with Crippen LogP contribution in [0.25, 0.3) is 0 Å². The maximum absolute atomic E-state index is 14.6. The zero-order valence-electron chi connectivity index (χ0n) is 30.2. The number of carbonyl (C=O) groups is 1. The third-order valence-corrected chi connectivity index (χ3v) is 8.40. The van der Waals surface area contributed by atoms with Crippen LogP contribution in [-0.2, 0) is 19.9 Å². The standard InChI is InChI=1S/C40H59F3O4/c1-30(2)18-15-22-33(6)24-16-23-32(5)20-13-14-21-34(7)27-28-36(38(8,45)29-17-19-31(3)4)47-37(44)39(46-9,40(41,42)43)35-25-11-10-12-26-35/h10-12,18-21,24-26,36,45H,13-17,22-23,27-29H2,1-9H3/b32-20+,33-24+,34-21+/t36-,38+,39-/m1/s1. The highest BCUT2D eigenvalue weighted by Gasteiger charge is 2.64. The number of unbranched alkanes of at least 4 members (excludes halogenated alkanes) is 1. The van der Waals surface area contributed by atoms with Crippen molar-refractivity contribution in [1.29, 1.82) is 0 Å². The Hall–Kier alpha value is -2.90. The summed E-state index contributed by atoms with van der Waals surface area (Å²) in [6, 6.07) is 6.75. The maximum atomic E-state index is 14.6. The van der Waals surface area contributed by atoms with Gasteiger partial charge >= 0.3 is 12.1 Å². The van der Waals surface area contributed by atoms with Crippen LogP contribution in [-0.4, -0.2) is 36.1 Å². The van der Waals surface area contributed by atoms with Gasteiger partial charge in [0.1, 0.15) is 6.10 Å². The molecule has 0 radical (unpaired) electrons. The van der Waals surface area contributed by atoms with Crippen molar-refractivity contribution >= 4 is 5.97 Å². The van der Waals surface area contributed by atoms with Gasteiger partial charge in [-0.25, -0.2) is 4.79 Å². The predicted octanol–water partition coefficient (Wildman–Crippen LogP) is 11.4. The summed E-state index contributed by atoms with van der Waals surface area (Å²) < 4.78 is 54.2. The average Bonchev–Trinajstić information content (AvgIpc) is 2.97. The van der Waals surface area contributed by atoms with E-state index in [2.05, 4.69) is 52.0 Å². The number of halogens is 3. The number of allylic oxidation sites excluding steroid dienone is 10. The van der Waals surface area contributed by atoms with Crippen LogP contribution >= 0.6 is 0 Å². The second-order valence-corrected chi connectivity index (χ2v) is 13.4. The van der Waals surface area contributed by atoms with Crippen molar-refractivity contribution in [1.82, 2.24) is 0 Å². The number of methoxy groups -OCH3 is 1. The Morgan fingerprint density at radius 1 is 0.745 bits per heavy atom. The summed E-state index contributed by atoms with van der Waals surface area (Å²) in [5, 5.41) is 11.4. The minimum Gasteiger partial charge on any atom is -0.457 e. The molecule has 1 aromatic carbocycles. The van der Waals surface area contributed by atoms with E-state index in [1.807, 2.05) is 26.8 Å². The number of hydrogen-bond acceptors (Lipinski definition) is 4. The monoisotopic (exact) mass is 660 g/mol. The van der Waals surface area contributed by atoms with Crippen molar-refractivity contribution in [3.8, 4) is 0 Å². The van der Waals surface area contributed by atoms with Gasteiger partial charge in [0.25, 0.3) is 5.60 Å². The lowest BCUT2D eigenvalue weighted by atomic mass is 9.88. The molecular formula is C40H59F3O4. The third-order valence-electron chi connectivity index (χ3n) is 8.40. The van der Waals surface area contributed by atoms with Crippen molar-refractivity contribution in [2.75, 3.05) is 7.11 Å². The van der Waals surface area contributed by atoms with Gasteiger partial charge in [-0.05, 0) is 120 Å². The molecule has 0 aliphatic rings. The third kappa shape index (κ3) is 14.8. The van der Waals surface area contributed by atoms with Crippen molar-refractivity contribution in [2.45, 2.75) is 143 Å². The molecule has 0 aromatic heterocycles. The van der Waals surface area contributed by atoms with Crippen molar-refractivity contribution in [2.24, 2.45) is 0 Å². The molecule has 0 fully saturated rings. The zero-order chi connectivity index (χ0) is 35.7. The Labute approximate surface area is 282 Å². The molecule has 0 amide bonds. The second-order valence-electron chi connectivity index (χ2n) is 13.4. The number of carbonyl (C=O) groups excluding carboxylic acids is 1. The van der Waals surface area contributed by atoms with E-state index in [9.17, 15) is 23.1 Å². The molecule has 0 unspecified atom stereocenters. The van der Waals surface area contributed by atoms with Crippen LogP contribution in [0.5, 0.6) is 0 Å². The van der Waals surface area contributed by atoms with E-state index in [0.29, 0.717) is 12.8 Å². The van der Waals surface area contributed by atoms with Gasteiger partial charge < -0.3 is 14.6 Å². The Morgan fingerprint density at radius 2 is 1.21 bits per heavy atom. The fraction of sp³-hybridized carbons (Fsp3) is 0.575. The van der Waals surface area contributed by atoms with E-state index < -0.39 is 29.5 Å². The lowest BCUT2D eigenvalue weighted by Crippen LogP contribution is -2.54. The lowest BCUT2D eigenvalue weighted by Gasteiger charge is -2.37. The number of hydrogen-bond donors (Lipinski definition) is 1. The van der Waals surface area contributed by atoms with Crippen LogP contribution < -0.4 is 0 Å². The van der Waals surface area contributed by atoms with E-state index in [0.717, 1.165) is 56.8 Å². The topological polar surface area (TPSA) is 55.8 Å². The largest absolute Gasteiger partial charge is 0.457 e. The molecule has 0 saturated carbocycles. The molecule has 0 bridgehead atoms. The van der Waals surface area contributed by atoms with Crippen LogP contribution in [0.4, 0.5) is 13.2 Å². The van der Waals surface area contributed by atoms with E-state index >= 15 is 0 Å². The first-order chi connectivity index (χ1) is 22.0.